The van der Waals surface area contributed by atoms with Gasteiger partial charge in [-0.2, -0.15) is 0 Å². The molecular weight excluding hydrogens is 216 g/mol. The molecule has 0 atom stereocenters. The van der Waals surface area contributed by atoms with Gasteiger partial charge in [-0.05, 0) is 37.6 Å². The van der Waals surface area contributed by atoms with Crippen LogP contribution in [0.15, 0.2) is 24.4 Å². The Morgan fingerprint density at radius 2 is 2.24 bits per heavy atom. The molecule has 0 radical (unpaired) electrons. The van der Waals surface area contributed by atoms with Crippen molar-refractivity contribution in [3.05, 3.63) is 35.5 Å². The minimum atomic E-state index is -0.832. The number of fused-ring (bicyclic) bond motifs is 1. The third kappa shape index (κ3) is 2.31. The minimum Gasteiger partial charge on any atom is -0.480 e. The molecule has 17 heavy (non-hydrogen) atoms. The largest absolute Gasteiger partial charge is 0.480 e. The van der Waals surface area contributed by atoms with Gasteiger partial charge in [0, 0.05) is 17.1 Å². The minimum absolute atomic E-state index is 0.00979. The first-order valence-electron chi connectivity index (χ1n) is 5.62. The van der Waals surface area contributed by atoms with Crippen molar-refractivity contribution in [2.45, 2.75) is 19.9 Å². The molecule has 2 aromatic rings. The Morgan fingerprint density at radius 3 is 2.88 bits per heavy atom. The van der Waals surface area contributed by atoms with Crippen molar-refractivity contribution in [3.63, 3.8) is 0 Å². The number of carboxylic acid groups (broad SMARTS) is 1. The van der Waals surface area contributed by atoms with E-state index in [0.29, 0.717) is 6.54 Å². The zero-order chi connectivity index (χ0) is 12.4. The SMILES string of the molecule is Cc1ccc2c(c1)c(CCN)cn2CC(=O)O. The number of nitrogens with zero attached hydrogens (tertiary/aromatic N) is 1. The molecule has 0 aliphatic rings. The molecule has 90 valence electrons. The number of rotatable bonds is 4. The number of carboxylic acids is 1. The van der Waals surface area contributed by atoms with Gasteiger partial charge < -0.3 is 15.4 Å². The van der Waals surface area contributed by atoms with Crippen molar-refractivity contribution in [2.24, 2.45) is 5.73 Å². The number of hydrogen-bond acceptors (Lipinski definition) is 2. The first kappa shape index (κ1) is 11.7. The third-order valence-electron chi connectivity index (χ3n) is 2.84. The standard InChI is InChI=1S/C13H16N2O2/c1-9-2-3-12-11(6-9)10(4-5-14)7-15(12)8-13(16)17/h2-3,6-7H,4-5,8,14H2,1H3,(H,16,17). The smallest absolute Gasteiger partial charge is 0.323 e. The van der Waals surface area contributed by atoms with Crippen molar-refractivity contribution in [1.29, 1.82) is 0 Å². The van der Waals surface area contributed by atoms with Crippen LogP contribution in [0, 0.1) is 6.92 Å². The topological polar surface area (TPSA) is 68.2 Å². The lowest BCUT2D eigenvalue weighted by atomic mass is 10.1. The second kappa shape index (κ2) is 4.59. The Kier molecular flexibility index (Phi) is 3.15. The Morgan fingerprint density at radius 1 is 1.47 bits per heavy atom. The highest BCUT2D eigenvalue weighted by Crippen LogP contribution is 2.23. The summed E-state index contributed by atoms with van der Waals surface area (Å²) >= 11 is 0. The second-order valence-corrected chi connectivity index (χ2v) is 4.24. The van der Waals surface area contributed by atoms with Crippen LogP contribution in [0.4, 0.5) is 0 Å². The Hall–Kier alpha value is -1.81. The molecule has 0 saturated carbocycles. The summed E-state index contributed by atoms with van der Waals surface area (Å²) in [4.78, 5) is 10.8. The Bertz CT molecular complexity index is 558. The predicted octanol–water partition coefficient (Wildman–Crippen LogP) is 1.54. The number of nitrogens with two attached hydrogens (primary N) is 1. The molecule has 4 nitrogen and oxygen atoms in total. The van der Waals surface area contributed by atoms with Crippen LogP contribution in [-0.2, 0) is 17.8 Å². The van der Waals surface area contributed by atoms with E-state index in [0.717, 1.165) is 22.9 Å². The number of aromatic nitrogens is 1. The maximum absolute atomic E-state index is 10.8. The molecule has 0 spiro atoms. The fourth-order valence-electron chi connectivity index (χ4n) is 2.12. The molecular formula is C13H16N2O2. The molecule has 2 rings (SSSR count). The van der Waals surface area contributed by atoms with E-state index in [1.807, 2.05) is 25.3 Å². The maximum Gasteiger partial charge on any atom is 0.323 e. The second-order valence-electron chi connectivity index (χ2n) is 4.24. The highest BCUT2D eigenvalue weighted by Gasteiger charge is 2.10. The molecule has 0 fully saturated rings. The summed E-state index contributed by atoms with van der Waals surface area (Å²) in [5.41, 5.74) is 8.82. The quantitative estimate of drug-likeness (QED) is 0.840. The van der Waals surface area contributed by atoms with E-state index >= 15 is 0 Å². The highest BCUT2D eigenvalue weighted by atomic mass is 16.4. The molecule has 3 N–H and O–H groups in total. The molecule has 4 heteroatoms. The van der Waals surface area contributed by atoms with Crippen molar-refractivity contribution in [3.8, 4) is 0 Å². The van der Waals surface area contributed by atoms with Crippen LogP contribution >= 0.6 is 0 Å². The van der Waals surface area contributed by atoms with Crippen LogP contribution in [-0.4, -0.2) is 22.2 Å². The predicted molar refractivity (Wildman–Crippen MR) is 67.1 cm³/mol. The van der Waals surface area contributed by atoms with Gasteiger partial charge in [0.2, 0.25) is 0 Å². The van der Waals surface area contributed by atoms with Gasteiger partial charge in [-0.3, -0.25) is 4.79 Å². The van der Waals surface area contributed by atoms with Crippen molar-refractivity contribution < 1.29 is 9.90 Å². The maximum atomic E-state index is 10.8. The number of hydrogen-bond donors (Lipinski definition) is 2. The number of carbonyl (C=O) groups is 1. The van der Waals surface area contributed by atoms with Gasteiger partial charge in [0.05, 0.1) is 0 Å². The van der Waals surface area contributed by atoms with Crippen LogP contribution in [0.25, 0.3) is 10.9 Å². The summed E-state index contributed by atoms with van der Waals surface area (Å²) < 4.78 is 1.77. The average Bonchev–Trinajstić information content (AvgIpc) is 2.56. The van der Waals surface area contributed by atoms with Gasteiger partial charge in [0.15, 0.2) is 0 Å². The lowest BCUT2D eigenvalue weighted by Gasteiger charge is -2.01. The first-order chi connectivity index (χ1) is 8.11. The van der Waals surface area contributed by atoms with Crippen molar-refractivity contribution in [2.75, 3.05) is 6.54 Å². The van der Waals surface area contributed by atoms with Crippen molar-refractivity contribution in [1.82, 2.24) is 4.57 Å². The van der Waals surface area contributed by atoms with E-state index in [9.17, 15) is 4.79 Å². The van der Waals surface area contributed by atoms with Gasteiger partial charge in [0.1, 0.15) is 6.54 Å². The molecule has 0 amide bonds. The molecule has 0 saturated heterocycles. The van der Waals surface area contributed by atoms with Crippen LogP contribution in [0.2, 0.25) is 0 Å². The van der Waals surface area contributed by atoms with Gasteiger partial charge in [-0.15, -0.1) is 0 Å². The van der Waals surface area contributed by atoms with Crippen LogP contribution in [0.1, 0.15) is 11.1 Å². The fraction of sp³-hybridized carbons (Fsp3) is 0.308. The summed E-state index contributed by atoms with van der Waals surface area (Å²) in [5.74, 6) is -0.832. The van der Waals surface area contributed by atoms with E-state index < -0.39 is 5.97 Å². The van der Waals surface area contributed by atoms with E-state index in [-0.39, 0.29) is 6.54 Å². The van der Waals surface area contributed by atoms with Crippen LogP contribution in [0.3, 0.4) is 0 Å². The fourth-order valence-corrected chi connectivity index (χ4v) is 2.12. The highest BCUT2D eigenvalue weighted by molar-refractivity contribution is 5.86. The zero-order valence-corrected chi connectivity index (χ0v) is 9.81. The Labute approximate surface area is 99.7 Å². The van der Waals surface area contributed by atoms with E-state index in [4.69, 9.17) is 10.8 Å². The van der Waals surface area contributed by atoms with E-state index in [2.05, 4.69) is 6.07 Å². The summed E-state index contributed by atoms with van der Waals surface area (Å²) in [5, 5.41) is 9.98. The summed E-state index contributed by atoms with van der Waals surface area (Å²) in [7, 11) is 0. The van der Waals surface area contributed by atoms with Gasteiger partial charge in [0.25, 0.3) is 0 Å². The molecule has 1 aromatic heterocycles. The third-order valence-corrected chi connectivity index (χ3v) is 2.84. The van der Waals surface area contributed by atoms with Gasteiger partial charge in [-0.1, -0.05) is 11.6 Å². The lowest BCUT2D eigenvalue weighted by molar-refractivity contribution is -0.137. The molecule has 0 aliphatic carbocycles. The number of aliphatic carboxylic acids is 1. The molecule has 1 heterocycles. The Balaban J connectivity index is 2.57. The van der Waals surface area contributed by atoms with Gasteiger partial charge >= 0.3 is 5.97 Å². The summed E-state index contributed by atoms with van der Waals surface area (Å²) in [6.45, 7) is 2.59. The van der Waals surface area contributed by atoms with Crippen molar-refractivity contribution >= 4 is 16.9 Å². The molecule has 0 aliphatic heterocycles. The van der Waals surface area contributed by atoms with E-state index in [1.165, 1.54) is 5.56 Å². The molecule has 1 aromatic carbocycles. The average molecular weight is 232 g/mol. The monoisotopic (exact) mass is 232 g/mol. The van der Waals surface area contributed by atoms with E-state index in [1.54, 1.807) is 4.57 Å². The molecule has 0 bridgehead atoms. The zero-order valence-electron chi connectivity index (χ0n) is 9.81. The normalized spacial score (nSPS) is 10.9. The van der Waals surface area contributed by atoms with Crippen LogP contribution < -0.4 is 5.73 Å². The first-order valence-corrected chi connectivity index (χ1v) is 5.62. The summed E-state index contributed by atoms with van der Waals surface area (Å²) in [6.07, 6.45) is 2.66. The van der Waals surface area contributed by atoms with Gasteiger partial charge in [-0.25, -0.2) is 0 Å². The molecule has 0 unspecified atom stereocenters. The lowest BCUT2D eigenvalue weighted by Crippen LogP contribution is -2.07. The number of benzene rings is 1. The number of aryl methyl sites for hydroxylation is 1. The van der Waals surface area contributed by atoms with Crippen LogP contribution in [0.5, 0.6) is 0 Å². The summed E-state index contributed by atoms with van der Waals surface area (Å²) in [6, 6.07) is 6.04.